The van der Waals surface area contributed by atoms with E-state index in [1.165, 1.54) is 0 Å². The second-order valence-corrected chi connectivity index (χ2v) is 7.26. The zero-order valence-electron chi connectivity index (χ0n) is 16.2. The van der Waals surface area contributed by atoms with E-state index >= 15 is 0 Å². The van der Waals surface area contributed by atoms with E-state index in [4.69, 9.17) is 0 Å². The Morgan fingerprint density at radius 3 is 1.48 bits per heavy atom. The Morgan fingerprint density at radius 1 is 0.889 bits per heavy atom. The van der Waals surface area contributed by atoms with Gasteiger partial charge in [-0.2, -0.15) is 0 Å². The highest BCUT2D eigenvalue weighted by molar-refractivity contribution is 6.04. The predicted molar refractivity (Wildman–Crippen MR) is 97.9 cm³/mol. The largest absolute Gasteiger partial charge is 0.481 e. The molecule has 0 amide bonds. The van der Waals surface area contributed by atoms with E-state index < -0.39 is 34.7 Å². The highest BCUT2D eigenvalue weighted by Crippen LogP contribution is 2.56. The van der Waals surface area contributed by atoms with Crippen molar-refractivity contribution in [1.82, 2.24) is 0 Å². The van der Waals surface area contributed by atoms with Crippen LogP contribution in [-0.4, -0.2) is 34.1 Å². The van der Waals surface area contributed by atoms with Crippen molar-refractivity contribution in [2.45, 2.75) is 78.1 Å². The number of carbonyl (C=O) groups is 4. The van der Waals surface area contributed by atoms with Crippen LogP contribution in [0.15, 0.2) is 12.2 Å². The van der Waals surface area contributed by atoms with Gasteiger partial charge in [0.15, 0.2) is 0 Å². The Morgan fingerprint density at radius 2 is 1.26 bits per heavy atom. The van der Waals surface area contributed by atoms with Crippen LogP contribution >= 0.6 is 0 Å². The lowest BCUT2D eigenvalue weighted by molar-refractivity contribution is -0.182. The maximum atomic E-state index is 12.0. The molecule has 0 aromatic carbocycles. The van der Waals surface area contributed by atoms with Crippen molar-refractivity contribution in [1.29, 1.82) is 0 Å². The quantitative estimate of drug-likeness (QED) is 0.485. The van der Waals surface area contributed by atoms with Crippen molar-refractivity contribution in [3.63, 3.8) is 0 Å². The van der Waals surface area contributed by atoms with Crippen LogP contribution in [0.2, 0.25) is 0 Å². The lowest BCUT2D eigenvalue weighted by atomic mass is 9.52. The average Bonchev–Trinajstić information content (AvgIpc) is 3.01. The number of carboxylic acid groups (broad SMARTS) is 2. The van der Waals surface area contributed by atoms with Gasteiger partial charge in [-0.1, -0.05) is 52.4 Å². The monoisotopic (exact) mass is 382 g/mol. The zero-order chi connectivity index (χ0) is 20.5. The summed E-state index contributed by atoms with van der Waals surface area (Å²) in [6.07, 6.45) is 9.22. The number of carboxylic acids is 2. The minimum Gasteiger partial charge on any atom is -0.481 e. The van der Waals surface area contributed by atoms with Crippen LogP contribution in [0.4, 0.5) is 0 Å². The van der Waals surface area contributed by atoms with Gasteiger partial charge in [-0.05, 0) is 25.7 Å². The van der Waals surface area contributed by atoms with Crippen molar-refractivity contribution in [3.8, 4) is 0 Å². The van der Waals surface area contributed by atoms with Gasteiger partial charge >= 0.3 is 23.9 Å². The van der Waals surface area contributed by atoms with E-state index in [-0.39, 0.29) is 0 Å². The first kappa shape index (κ1) is 22.9. The molecule has 2 unspecified atom stereocenters. The molecular formula is C20H30O7. The Balaban J connectivity index is 0.000000433. The zero-order valence-corrected chi connectivity index (χ0v) is 16.2. The molecule has 0 aromatic rings. The smallest absolute Gasteiger partial charge is 0.338 e. The molecule has 0 aromatic heterocycles. The summed E-state index contributed by atoms with van der Waals surface area (Å²) in [6.45, 7) is 4.04. The van der Waals surface area contributed by atoms with E-state index in [9.17, 15) is 29.4 Å². The predicted octanol–water partition coefficient (Wildman–Crippen LogP) is 3.71. The first-order valence-corrected chi connectivity index (χ1v) is 9.66. The van der Waals surface area contributed by atoms with Crippen LogP contribution < -0.4 is 0 Å². The van der Waals surface area contributed by atoms with E-state index in [0.717, 1.165) is 50.7 Å². The number of hydrogen-bond acceptors (Lipinski definition) is 5. The van der Waals surface area contributed by atoms with Crippen LogP contribution in [-0.2, 0) is 23.9 Å². The molecule has 2 aliphatic rings. The number of hydrogen-bond donors (Lipinski definition) is 2. The van der Waals surface area contributed by atoms with Crippen LogP contribution in [0.5, 0.6) is 0 Å². The fourth-order valence-electron chi connectivity index (χ4n) is 4.16. The lowest BCUT2D eigenvalue weighted by Crippen LogP contribution is -2.54. The van der Waals surface area contributed by atoms with Gasteiger partial charge in [-0.3, -0.25) is 9.59 Å². The Labute approximate surface area is 159 Å². The van der Waals surface area contributed by atoms with Gasteiger partial charge in [0, 0.05) is 12.2 Å². The van der Waals surface area contributed by atoms with Crippen molar-refractivity contribution >= 4 is 23.9 Å². The van der Waals surface area contributed by atoms with Gasteiger partial charge in [-0.15, -0.1) is 0 Å². The molecule has 2 atom stereocenters. The molecule has 7 heteroatoms. The molecular weight excluding hydrogens is 352 g/mol. The average molecular weight is 382 g/mol. The summed E-state index contributed by atoms with van der Waals surface area (Å²) in [7, 11) is 0. The van der Waals surface area contributed by atoms with Gasteiger partial charge in [0.25, 0.3) is 0 Å². The van der Waals surface area contributed by atoms with Crippen LogP contribution in [0.1, 0.15) is 78.1 Å². The number of cyclic esters (lactones) is 2. The third-order valence-electron chi connectivity index (χ3n) is 5.66. The maximum Gasteiger partial charge on any atom is 0.338 e. The van der Waals surface area contributed by atoms with Gasteiger partial charge < -0.3 is 14.9 Å². The van der Waals surface area contributed by atoms with Crippen LogP contribution in [0.3, 0.4) is 0 Å². The summed E-state index contributed by atoms with van der Waals surface area (Å²) in [5.41, 5.74) is -2.13. The molecule has 7 nitrogen and oxygen atoms in total. The fourth-order valence-corrected chi connectivity index (χ4v) is 4.16. The molecule has 1 heterocycles. The first-order valence-electron chi connectivity index (χ1n) is 9.66. The molecule has 1 fully saturated rings. The molecule has 0 bridgehead atoms. The topological polar surface area (TPSA) is 118 Å². The van der Waals surface area contributed by atoms with Crippen molar-refractivity contribution < 1.29 is 34.1 Å². The number of esters is 2. The Hall–Kier alpha value is -2.18. The number of ether oxygens (including phenoxy) is 1. The SMILES string of the molecule is CCCCC1(C(=O)O)CCCCC1(CCCC)C(=O)O.O=C1C=CC(=O)O1. The molecule has 2 N–H and O–H groups in total. The number of carbonyl (C=O) groups excluding carboxylic acids is 2. The molecule has 0 spiro atoms. The normalized spacial score (nSPS) is 26.9. The molecule has 1 aliphatic heterocycles. The van der Waals surface area contributed by atoms with Crippen LogP contribution in [0.25, 0.3) is 0 Å². The van der Waals surface area contributed by atoms with Crippen LogP contribution in [0, 0.1) is 10.8 Å². The molecule has 1 saturated carbocycles. The van der Waals surface area contributed by atoms with E-state index in [1.807, 2.05) is 13.8 Å². The summed E-state index contributed by atoms with van der Waals surface area (Å²) in [5, 5.41) is 19.7. The van der Waals surface area contributed by atoms with Gasteiger partial charge in [0.1, 0.15) is 0 Å². The Bertz CT molecular complexity index is 545. The maximum absolute atomic E-state index is 12.0. The number of rotatable bonds is 8. The van der Waals surface area contributed by atoms with Gasteiger partial charge in [0.05, 0.1) is 10.8 Å². The second kappa shape index (κ2) is 10.2. The molecule has 1 aliphatic carbocycles. The summed E-state index contributed by atoms with van der Waals surface area (Å²) in [6, 6.07) is 0. The highest BCUT2D eigenvalue weighted by Gasteiger charge is 2.61. The minimum absolute atomic E-state index is 0.495. The summed E-state index contributed by atoms with van der Waals surface area (Å²) < 4.78 is 3.97. The van der Waals surface area contributed by atoms with Crippen molar-refractivity contribution in [2.24, 2.45) is 10.8 Å². The molecule has 152 valence electrons. The van der Waals surface area contributed by atoms with E-state index in [1.54, 1.807) is 0 Å². The second-order valence-electron chi connectivity index (χ2n) is 7.26. The Kier molecular flexibility index (Phi) is 8.66. The first-order chi connectivity index (χ1) is 12.8. The molecule has 0 saturated heterocycles. The minimum atomic E-state index is -1.07. The van der Waals surface area contributed by atoms with Crippen molar-refractivity contribution in [2.75, 3.05) is 0 Å². The summed E-state index contributed by atoms with van der Waals surface area (Å²) in [5.74, 6) is -2.96. The third kappa shape index (κ3) is 5.17. The molecule has 2 rings (SSSR count). The van der Waals surface area contributed by atoms with Gasteiger partial charge in [0.2, 0.25) is 0 Å². The van der Waals surface area contributed by atoms with Crippen molar-refractivity contribution in [3.05, 3.63) is 12.2 Å². The number of aliphatic carboxylic acids is 2. The fraction of sp³-hybridized carbons (Fsp3) is 0.700. The van der Waals surface area contributed by atoms with Gasteiger partial charge in [-0.25, -0.2) is 9.59 Å². The standard InChI is InChI=1S/C16H28O4.C4H2O3/c1-3-5-9-15(13(17)18)11-7-8-12-16(15,14(19)20)10-6-4-2;5-3-1-2-4(6)7-3/h3-12H2,1-2H3,(H,17,18)(H,19,20);1-2H. The summed E-state index contributed by atoms with van der Waals surface area (Å²) >= 11 is 0. The lowest BCUT2D eigenvalue weighted by Gasteiger charge is -2.48. The van der Waals surface area contributed by atoms with E-state index in [0.29, 0.717) is 25.7 Å². The third-order valence-corrected chi connectivity index (χ3v) is 5.66. The molecule has 0 radical (unpaired) electrons. The molecule has 27 heavy (non-hydrogen) atoms. The summed E-state index contributed by atoms with van der Waals surface area (Å²) in [4.78, 5) is 43.9. The van der Waals surface area contributed by atoms with E-state index in [2.05, 4.69) is 4.74 Å². The number of unbranched alkanes of at least 4 members (excludes halogenated alkanes) is 2. The highest BCUT2D eigenvalue weighted by atomic mass is 16.6.